The number of carbonyl (C=O) groups is 2. The zero-order chi connectivity index (χ0) is 15.0. The number of ketones is 1. The fourth-order valence-corrected chi connectivity index (χ4v) is 2.32. The first kappa shape index (κ1) is 13.2. The minimum atomic E-state index is -0.671. The van der Waals surface area contributed by atoms with Crippen molar-refractivity contribution in [1.82, 2.24) is 5.32 Å². The minimum Gasteiger partial charge on any atom is -0.503 e. The first-order valence-electron chi connectivity index (χ1n) is 6.46. The molecule has 2 N–H and O–H groups in total. The summed E-state index contributed by atoms with van der Waals surface area (Å²) in [5.41, 5.74) is 1.81. The molecule has 0 saturated carbocycles. The van der Waals surface area contributed by atoms with Crippen LogP contribution in [0.25, 0.3) is 0 Å². The molecule has 2 aromatic rings. The Morgan fingerprint density at radius 2 is 1.95 bits per heavy atom. The lowest BCUT2D eigenvalue weighted by Gasteiger charge is -2.14. The third-order valence-electron chi connectivity index (χ3n) is 3.43. The van der Waals surface area contributed by atoms with Gasteiger partial charge in [-0.15, -0.1) is 0 Å². The summed E-state index contributed by atoms with van der Waals surface area (Å²) in [6.07, 6.45) is 1.37. The van der Waals surface area contributed by atoms with Gasteiger partial charge in [-0.2, -0.15) is 0 Å². The van der Waals surface area contributed by atoms with Crippen LogP contribution in [-0.4, -0.2) is 16.8 Å². The van der Waals surface area contributed by atoms with Gasteiger partial charge in [0.2, 0.25) is 5.78 Å². The summed E-state index contributed by atoms with van der Waals surface area (Å²) in [4.78, 5) is 24.1. The molecular weight excluding hydrogens is 270 g/mol. The van der Waals surface area contributed by atoms with Gasteiger partial charge in [0.05, 0.1) is 17.9 Å². The highest BCUT2D eigenvalue weighted by molar-refractivity contribution is 6.14. The molecule has 5 heteroatoms. The van der Waals surface area contributed by atoms with Gasteiger partial charge in [-0.3, -0.25) is 9.59 Å². The van der Waals surface area contributed by atoms with E-state index in [1.54, 1.807) is 6.07 Å². The highest BCUT2D eigenvalue weighted by Crippen LogP contribution is 2.31. The van der Waals surface area contributed by atoms with E-state index in [9.17, 15) is 14.7 Å². The summed E-state index contributed by atoms with van der Waals surface area (Å²) in [6, 6.07) is 9.80. The van der Waals surface area contributed by atoms with E-state index < -0.39 is 23.5 Å². The van der Waals surface area contributed by atoms with Crippen LogP contribution in [0.15, 0.2) is 58.4 Å². The van der Waals surface area contributed by atoms with Gasteiger partial charge < -0.3 is 14.8 Å². The molecule has 0 spiro atoms. The molecule has 106 valence electrons. The average molecular weight is 283 g/mol. The summed E-state index contributed by atoms with van der Waals surface area (Å²) in [7, 11) is 0. The highest BCUT2D eigenvalue weighted by Gasteiger charge is 2.38. The monoisotopic (exact) mass is 283 g/mol. The van der Waals surface area contributed by atoms with Crippen LogP contribution in [0.3, 0.4) is 0 Å². The van der Waals surface area contributed by atoms with Gasteiger partial charge in [0.15, 0.2) is 11.5 Å². The van der Waals surface area contributed by atoms with Crippen LogP contribution in [0.5, 0.6) is 0 Å². The van der Waals surface area contributed by atoms with Gasteiger partial charge in [0, 0.05) is 0 Å². The van der Waals surface area contributed by atoms with E-state index in [1.807, 2.05) is 31.2 Å². The molecule has 0 aliphatic carbocycles. The number of hydrogen-bond acceptors (Lipinski definition) is 4. The van der Waals surface area contributed by atoms with Gasteiger partial charge in [0.25, 0.3) is 5.91 Å². The van der Waals surface area contributed by atoms with Crippen molar-refractivity contribution in [3.05, 3.63) is 70.9 Å². The third-order valence-corrected chi connectivity index (χ3v) is 3.43. The summed E-state index contributed by atoms with van der Waals surface area (Å²) < 4.78 is 5.06. The lowest BCUT2D eigenvalue weighted by molar-refractivity contribution is -0.119. The van der Waals surface area contributed by atoms with E-state index in [0.717, 1.165) is 11.1 Å². The lowest BCUT2D eigenvalue weighted by atomic mass is 9.95. The zero-order valence-corrected chi connectivity index (χ0v) is 11.3. The van der Waals surface area contributed by atoms with Gasteiger partial charge in [0.1, 0.15) is 0 Å². The first-order chi connectivity index (χ1) is 10.1. The number of benzene rings is 1. The van der Waals surface area contributed by atoms with Crippen molar-refractivity contribution in [3.8, 4) is 0 Å². The van der Waals surface area contributed by atoms with Crippen molar-refractivity contribution >= 4 is 11.7 Å². The predicted molar refractivity (Wildman–Crippen MR) is 74.8 cm³/mol. The molecule has 0 fully saturated rings. The van der Waals surface area contributed by atoms with Gasteiger partial charge in [-0.25, -0.2) is 0 Å². The van der Waals surface area contributed by atoms with Crippen LogP contribution >= 0.6 is 0 Å². The van der Waals surface area contributed by atoms with E-state index in [2.05, 4.69) is 5.32 Å². The second-order valence-electron chi connectivity index (χ2n) is 4.89. The number of aryl methyl sites for hydroxylation is 1. The Hall–Kier alpha value is -2.82. The first-order valence-corrected chi connectivity index (χ1v) is 6.46. The Morgan fingerprint density at radius 1 is 1.24 bits per heavy atom. The van der Waals surface area contributed by atoms with E-state index >= 15 is 0 Å². The van der Waals surface area contributed by atoms with Crippen molar-refractivity contribution in [3.63, 3.8) is 0 Å². The van der Waals surface area contributed by atoms with Crippen LogP contribution in [0.2, 0.25) is 0 Å². The van der Waals surface area contributed by atoms with Gasteiger partial charge >= 0.3 is 0 Å². The highest BCUT2D eigenvalue weighted by atomic mass is 16.3. The molecular formula is C16H13NO4. The quantitative estimate of drug-likeness (QED) is 0.848. The molecule has 0 radical (unpaired) electrons. The van der Waals surface area contributed by atoms with E-state index in [4.69, 9.17) is 4.42 Å². The number of amides is 1. The predicted octanol–water partition coefficient (Wildman–Crippen LogP) is 2.45. The molecule has 0 unspecified atom stereocenters. The largest absolute Gasteiger partial charge is 0.503 e. The number of Topliss-reactive ketones (excluding diaryl/α,β-unsaturated/α-hetero) is 1. The molecule has 2 heterocycles. The SMILES string of the molecule is Cc1ccc([C@H]2NC(=O)C(O)=C2C(=O)c2ccco2)cc1. The summed E-state index contributed by atoms with van der Waals surface area (Å²) >= 11 is 0. The minimum absolute atomic E-state index is 0.0128. The fourth-order valence-electron chi connectivity index (χ4n) is 2.32. The molecule has 1 aliphatic rings. The lowest BCUT2D eigenvalue weighted by Crippen LogP contribution is -2.23. The number of hydrogen-bond donors (Lipinski definition) is 2. The molecule has 1 aromatic carbocycles. The Labute approximate surface area is 120 Å². The number of rotatable bonds is 3. The Balaban J connectivity index is 2.03. The van der Waals surface area contributed by atoms with Crippen molar-refractivity contribution < 1.29 is 19.1 Å². The molecule has 21 heavy (non-hydrogen) atoms. The number of aliphatic hydroxyl groups excluding tert-OH is 1. The van der Waals surface area contributed by atoms with E-state index in [-0.39, 0.29) is 11.3 Å². The van der Waals surface area contributed by atoms with Crippen LogP contribution in [-0.2, 0) is 4.79 Å². The van der Waals surface area contributed by atoms with Crippen molar-refractivity contribution in [2.24, 2.45) is 0 Å². The normalized spacial score (nSPS) is 18.0. The molecule has 3 rings (SSSR count). The van der Waals surface area contributed by atoms with Crippen LogP contribution < -0.4 is 5.32 Å². The second-order valence-corrected chi connectivity index (χ2v) is 4.89. The molecule has 1 aliphatic heterocycles. The van der Waals surface area contributed by atoms with E-state index in [1.165, 1.54) is 12.3 Å². The maximum atomic E-state index is 12.4. The van der Waals surface area contributed by atoms with Crippen LogP contribution in [0.4, 0.5) is 0 Å². The second kappa shape index (κ2) is 4.94. The number of nitrogens with one attached hydrogen (secondary N) is 1. The number of furan rings is 1. The Bertz CT molecular complexity index is 726. The van der Waals surface area contributed by atoms with Crippen molar-refractivity contribution in [2.75, 3.05) is 0 Å². The third kappa shape index (κ3) is 2.23. The van der Waals surface area contributed by atoms with Crippen LogP contribution in [0, 0.1) is 6.92 Å². The average Bonchev–Trinajstić information content (AvgIpc) is 3.09. The standard InChI is InChI=1S/C16H13NO4/c1-9-4-6-10(7-5-9)13-12(15(19)16(20)17-13)14(18)11-3-2-8-21-11/h2-8,13,19H,1H3,(H,17,20)/t13-/m1/s1. The zero-order valence-electron chi connectivity index (χ0n) is 11.3. The van der Waals surface area contributed by atoms with Gasteiger partial charge in [-0.1, -0.05) is 29.8 Å². The van der Waals surface area contributed by atoms with Crippen molar-refractivity contribution in [1.29, 1.82) is 0 Å². The van der Waals surface area contributed by atoms with Crippen molar-refractivity contribution in [2.45, 2.75) is 13.0 Å². The Morgan fingerprint density at radius 3 is 2.57 bits per heavy atom. The molecule has 0 saturated heterocycles. The van der Waals surface area contributed by atoms with Gasteiger partial charge in [-0.05, 0) is 24.6 Å². The molecule has 0 bridgehead atoms. The summed E-state index contributed by atoms with van der Waals surface area (Å²) in [5, 5.41) is 12.5. The maximum Gasteiger partial charge on any atom is 0.287 e. The Kier molecular flexibility index (Phi) is 3.10. The molecule has 1 atom stereocenters. The molecule has 5 nitrogen and oxygen atoms in total. The van der Waals surface area contributed by atoms with E-state index in [0.29, 0.717) is 0 Å². The van der Waals surface area contributed by atoms with Crippen LogP contribution in [0.1, 0.15) is 27.7 Å². The topological polar surface area (TPSA) is 79.5 Å². The number of carbonyl (C=O) groups excluding carboxylic acids is 2. The fraction of sp³-hybridized carbons (Fsp3) is 0.125. The molecule has 1 amide bonds. The summed E-state index contributed by atoms with van der Waals surface area (Å²) in [5.74, 6) is -1.62. The molecule has 1 aromatic heterocycles. The maximum absolute atomic E-state index is 12.4. The summed E-state index contributed by atoms with van der Waals surface area (Å²) in [6.45, 7) is 1.94. The smallest absolute Gasteiger partial charge is 0.287 e. The number of aliphatic hydroxyl groups is 1.